The Balaban J connectivity index is 2.73. The molecule has 0 N–H and O–H groups in total. The fraction of sp³-hybridized carbons (Fsp3) is 0.333. The van der Waals surface area contributed by atoms with Crippen molar-refractivity contribution in [1.29, 1.82) is 0 Å². The third-order valence-corrected chi connectivity index (χ3v) is 2.76. The highest BCUT2D eigenvalue weighted by atomic mass is 31.1. The van der Waals surface area contributed by atoms with Gasteiger partial charge in [-0.25, -0.2) is 0 Å². The van der Waals surface area contributed by atoms with Gasteiger partial charge in [0.25, 0.3) is 0 Å². The second kappa shape index (κ2) is 5.41. The van der Waals surface area contributed by atoms with E-state index in [-0.39, 0.29) is 0 Å². The molecule has 1 aromatic heterocycles. The normalized spacial score (nSPS) is 11.4. The maximum atomic E-state index is 4.51. The number of rotatable bonds is 4. The van der Waals surface area contributed by atoms with Crippen molar-refractivity contribution in [2.75, 3.05) is 6.66 Å². The van der Waals surface area contributed by atoms with E-state index in [1.807, 2.05) is 0 Å². The molecule has 0 aliphatic carbocycles. The molecule has 1 atom stereocenters. The summed E-state index contributed by atoms with van der Waals surface area (Å²) in [5.41, 5.74) is 2.39. The van der Waals surface area contributed by atoms with E-state index in [4.69, 9.17) is 0 Å². The highest BCUT2D eigenvalue weighted by Gasteiger charge is 1.94. The van der Waals surface area contributed by atoms with Gasteiger partial charge in [-0.3, -0.25) is 4.98 Å². The van der Waals surface area contributed by atoms with Crippen LogP contribution in [0, 0.1) is 0 Å². The van der Waals surface area contributed by atoms with Crippen molar-refractivity contribution in [2.45, 2.75) is 12.3 Å². The van der Waals surface area contributed by atoms with Crippen LogP contribution < -0.4 is 0 Å². The first-order valence-electron chi connectivity index (χ1n) is 3.88. The van der Waals surface area contributed by atoms with Gasteiger partial charge in [0.1, 0.15) is 0 Å². The van der Waals surface area contributed by atoms with Crippen molar-refractivity contribution in [1.82, 2.24) is 4.98 Å². The topological polar surface area (TPSA) is 12.9 Å². The van der Waals surface area contributed by atoms with Gasteiger partial charge < -0.3 is 0 Å². The third-order valence-electron chi connectivity index (χ3n) is 1.50. The molecule has 0 bridgehead atoms. The van der Waals surface area contributed by atoms with Crippen LogP contribution in [0.2, 0.25) is 0 Å². The van der Waals surface area contributed by atoms with E-state index >= 15 is 0 Å². The molecule has 0 fully saturated rings. The Labute approximate surface area is 77.2 Å². The van der Waals surface area contributed by atoms with E-state index in [2.05, 4.69) is 36.1 Å². The molecule has 1 rings (SSSR count). The summed E-state index contributed by atoms with van der Waals surface area (Å²) in [6.45, 7) is 2.20. The van der Waals surface area contributed by atoms with E-state index in [1.165, 1.54) is 11.4 Å². The van der Waals surface area contributed by atoms with Gasteiger partial charge in [0.05, 0.1) is 0 Å². The van der Waals surface area contributed by atoms with Crippen LogP contribution in [0.15, 0.2) is 18.2 Å². The molecule has 0 aliphatic rings. The average molecular weight is 197 g/mol. The Morgan fingerprint density at radius 1 is 1.50 bits per heavy atom. The van der Waals surface area contributed by atoms with Crippen LogP contribution >= 0.6 is 16.8 Å². The van der Waals surface area contributed by atoms with E-state index in [0.717, 1.165) is 29.1 Å². The molecule has 0 saturated carbocycles. The van der Waals surface area contributed by atoms with Crippen molar-refractivity contribution < 1.29 is 0 Å². The lowest BCUT2D eigenvalue weighted by atomic mass is 10.3. The van der Waals surface area contributed by atoms with Crippen molar-refractivity contribution in [3.8, 4) is 0 Å². The maximum absolute atomic E-state index is 4.51. The molecule has 12 heavy (non-hydrogen) atoms. The summed E-state index contributed by atoms with van der Waals surface area (Å²) < 4.78 is 0. The molecule has 0 spiro atoms. The van der Waals surface area contributed by atoms with Crippen molar-refractivity contribution in [2.24, 2.45) is 0 Å². The zero-order valence-electron chi connectivity index (χ0n) is 7.25. The van der Waals surface area contributed by atoms with Crippen LogP contribution in [0.3, 0.4) is 0 Å². The van der Waals surface area contributed by atoms with E-state index in [9.17, 15) is 0 Å². The van der Waals surface area contributed by atoms with Gasteiger partial charge in [-0.1, -0.05) is 12.4 Å². The number of nitrogens with zero attached hydrogens (tertiary/aromatic N) is 1. The Morgan fingerprint density at radius 2 is 2.25 bits per heavy atom. The number of hydrogen-bond donors (Lipinski definition) is 0. The molecule has 3 heteroatoms. The molecule has 1 heterocycles. The molecule has 1 aromatic rings. The Morgan fingerprint density at radius 3 is 2.92 bits per heavy atom. The molecular formula is C9H13NP2. The molecule has 0 aromatic carbocycles. The Kier molecular flexibility index (Phi) is 4.43. The number of aromatic nitrogens is 1. The summed E-state index contributed by atoms with van der Waals surface area (Å²) in [6, 6.07) is 6.25. The van der Waals surface area contributed by atoms with E-state index < -0.39 is 0 Å². The van der Waals surface area contributed by atoms with E-state index in [1.54, 1.807) is 0 Å². The zero-order valence-corrected chi connectivity index (χ0v) is 9.14. The minimum absolute atomic E-state index is 0.953. The van der Waals surface area contributed by atoms with E-state index in [0.29, 0.717) is 0 Å². The van der Waals surface area contributed by atoms with Gasteiger partial charge >= 0.3 is 0 Å². The molecule has 0 saturated heterocycles. The molecule has 0 aliphatic heterocycles. The van der Waals surface area contributed by atoms with Crippen LogP contribution in [-0.4, -0.2) is 17.9 Å². The first-order valence-corrected chi connectivity index (χ1v) is 6.86. The van der Waals surface area contributed by atoms with Crippen LogP contribution in [0.25, 0.3) is 0 Å². The molecule has 1 unspecified atom stereocenters. The molecule has 0 radical (unpaired) electrons. The maximum Gasteiger partial charge on any atom is 0.0489 e. The van der Waals surface area contributed by atoms with Crippen molar-refractivity contribution in [3.05, 3.63) is 29.6 Å². The van der Waals surface area contributed by atoms with Gasteiger partial charge in [-0.2, -0.15) is 0 Å². The number of hydrogen-bond acceptors (Lipinski definition) is 1. The molecule has 64 valence electrons. The van der Waals surface area contributed by atoms with Gasteiger partial charge in [-0.15, -0.1) is 16.8 Å². The largest absolute Gasteiger partial charge is 0.257 e. The smallest absolute Gasteiger partial charge is 0.0489 e. The van der Waals surface area contributed by atoms with Gasteiger partial charge in [0.15, 0.2) is 0 Å². The Hall–Kier alpha value is -0.250. The SMILES string of the molecule is C=PCc1cccc(CPC)n1. The lowest BCUT2D eigenvalue weighted by molar-refractivity contribution is 1.09. The van der Waals surface area contributed by atoms with Crippen molar-refractivity contribution in [3.63, 3.8) is 0 Å². The molecule has 1 nitrogen and oxygen atoms in total. The number of pyridine rings is 1. The first-order chi connectivity index (χ1) is 5.86. The first kappa shape index (κ1) is 9.84. The van der Waals surface area contributed by atoms with Crippen LogP contribution in [-0.2, 0) is 12.3 Å². The summed E-state index contributed by atoms with van der Waals surface area (Å²) in [5, 5.41) is 0. The second-order valence-electron chi connectivity index (χ2n) is 2.53. The van der Waals surface area contributed by atoms with Gasteiger partial charge in [-0.05, 0) is 18.8 Å². The Bertz CT molecular complexity index is 260. The van der Waals surface area contributed by atoms with Gasteiger partial charge in [0.2, 0.25) is 0 Å². The third kappa shape index (κ3) is 3.01. The van der Waals surface area contributed by atoms with Crippen molar-refractivity contribution >= 4 is 23.1 Å². The zero-order chi connectivity index (χ0) is 8.81. The highest BCUT2D eigenvalue weighted by molar-refractivity contribution is 7.36. The fourth-order valence-corrected chi connectivity index (χ4v) is 1.98. The fourth-order valence-electron chi connectivity index (χ4n) is 1.01. The average Bonchev–Trinajstić information content (AvgIpc) is 2.06. The summed E-state index contributed by atoms with van der Waals surface area (Å²) in [4.78, 5) is 4.51. The summed E-state index contributed by atoms with van der Waals surface area (Å²) in [6.07, 6.45) is 5.88. The predicted molar refractivity (Wildman–Crippen MR) is 59.9 cm³/mol. The summed E-state index contributed by atoms with van der Waals surface area (Å²) >= 11 is 0. The summed E-state index contributed by atoms with van der Waals surface area (Å²) in [7, 11) is 2.10. The summed E-state index contributed by atoms with van der Waals surface area (Å²) in [5.74, 6) is 0. The van der Waals surface area contributed by atoms with Crippen LogP contribution in [0.5, 0.6) is 0 Å². The lowest BCUT2D eigenvalue weighted by Gasteiger charge is -1.99. The standard InChI is InChI=1S/C9H13NP2/c1-11-6-8-4-3-5-9(10-8)7-12-2/h3-5,12H,1,6-7H2,2H3. The van der Waals surface area contributed by atoms with Crippen LogP contribution in [0.1, 0.15) is 11.4 Å². The lowest BCUT2D eigenvalue weighted by Crippen LogP contribution is -1.89. The quantitative estimate of drug-likeness (QED) is 0.676. The molecule has 0 amide bonds. The predicted octanol–water partition coefficient (Wildman–Crippen LogP) is 2.77. The monoisotopic (exact) mass is 197 g/mol. The minimum atomic E-state index is 0.953. The van der Waals surface area contributed by atoms with Gasteiger partial charge in [0, 0.05) is 23.7 Å². The molecular weight excluding hydrogens is 184 g/mol. The second-order valence-corrected chi connectivity index (χ2v) is 4.36. The van der Waals surface area contributed by atoms with Crippen LogP contribution in [0.4, 0.5) is 0 Å². The minimum Gasteiger partial charge on any atom is -0.257 e. The highest BCUT2D eigenvalue weighted by Crippen LogP contribution is 2.13.